The van der Waals surface area contributed by atoms with Gasteiger partial charge in [0.2, 0.25) is 0 Å². The number of hydrogen-bond donors (Lipinski definition) is 0. The molecule has 0 spiro atoms. The van der Waals surface area contributed by atoms with Crippen LogP contribution in [-0.4, -0.2) is 0 Å². The molecule has 0 radical (unpaired) electrons. The first kappa shape index (κ1) is 15.4. The van der Waals surface area contributed by atoms with Gasteiger partial charge in [-0.1, -0.05) is 43.5 Å². The third-order valence-electron chi connectivity index (χ3n) is 3.68. The number of hydrogen-bond acceptors (Lipinski definition) is 0. The molecule has 0 fully saturated rings. The van der Waals surface area contributed by atoms with Gasteiger partial charge in [-0.3, -0.25) is 0 Å². The Hall–Kier alpha value is -2.51. The summed E-state index contributed by atoms with van der Waals surface area (Å²) >= 11 is 0. The van der Waals surface area contributed by atoms with Gasteiger partial charge in [-0.25, -0.2) is 0 Å². The lowest BCUT2D eigenvalue weighted by atomic mass is 10.2. The summed E-state index contributed by atoms with van der Waals surface area (Å²) in [5.74, 6) is 0. The molecule has 1 heteroatoms. The number of rotatable bonds is 5. The fourth-order valence-electron chi connectivity index (χ4n) is 2.44. The topological polar surface area (TPSA) is 0 Å². The summed E-state index contributed by atoms with van der Waals surface area (Å²) in [4.78, 5) is 3.95. The Morgan fingerprint density at radius 3 is 1.30 bits per heavy atom. The van der Waals surface area contributed by atoms with Crippen LogP contribution in [-0.2, 0) is 10.9 Å². The second-order valence-electron chi connectivity index (χ2n) is 5.17. The van der Waals surface area contributed by atoms with Crippen LogP contribution in [0.4, 0.5) is 0 Å². The van der Waals surface area contributed by atoms with Crippen molar-refractivity contribution in [3.8, 4) is 0 Å². The monoisotopic (exact) mass is 315 g/mol. The average Bonchev–Trinajstić information content (AvgIpc) is 2.64. The smallest absolute Gasteiger partial charge is 0.0985 e. The third-order valence-corrected chi connectivity index (χ3v) is 5.91. The fraction of sp³-hybridized carbons (Fsp3) is 0. The van der Waals surface area contributed by atoms with Crippen molar-refractivity contribution in [1.82, 2.24) is 0 Å². The molecule has 0 heterocycles. The summed E-state index contributed by atoms with van der Waals surface area (Å²) in [5.41, 5.74) is 2.29. The normalized spacial score (nSPS) is 10.5. The summed E-state index contributed by atoms with van der Waals surface area (Å²) in [6, 6.07) is 28.0. The molecular weight excluding hydrogens is 296 g/mol. The molecule has 3 aromatic carbocycles. The lowest BCUT2D eigenvalue weighted by Gasteiger charge is -2.08. The predicted molar refractivity (Wildman–Crippen MR) is 102 cm³/mol. The van der Waals surface area contributed by atoms with Crippen molar-refractivity contribution in [3.63, 3.8) is 0 Å². The van der Waals surface area contributed by atoms with Crippen LogP contribution in [0.5, 0.6) is 0 Å². The van der Waals surface area contributed by atoms with Gasteiger partial charge in [0.1, 0.15) is 0 Å². The zero-order valence-electron chi connectivity index (χ0n) is 13.0. The Balaban J connectivity index is 2.08. The Kier molecular flexibility index (Phi) is 4.80. The molecule has 0 unspecified atom stereocenters. The van der Waals surface area contributed by atoms with E-state index in [1.807, 2.05) is 12.2 Å². The second kappa shape index (κ2) is 7.17. The molecule has 0 amide bonds. The molecule has 0 saturated heterocycles. The van der Waals surface area contributed by atoms with E-state index in [1.165, 1.54) is 14.7 Å². The second-order valence-corrected chi connectivity index (χ2v) is 7.19. The molecule has 0 bridgehead atoms. The van der Waals surface area contributed by atoms with Crippen LogP contribution in [0, 0.1) is 0 Å². The molecule has 0 nitrogen and oxygen atoms in total. The Bertz CT molecular complexity index is 732. The third kappa shape index (κ3) is 3.46. The lowest BCUT2D eigenvalue weighted by Crippen LogP contribution is -2.04. The van der Waals surface area contributed by atoms with E-state index in [9.17, 15) is 0 Å². The summed E-state index contributed by atoms with van der Waals surface area (Å²) in [6.07, 6.45) is 3.76. The van der Waals surface area contributed by atoms with Crippen LogP contribution in [0.25, 0.3) is 12.2 Å². The minimum absolute atomic E-state index is 0.104. The highest BCUT2D eigenvalue weighted by atomic mass is 32.2. The minimum atomic E-state index is -0.104. The van der Waals surface area contributed by atoms with Gasteiger partial charge in [0.25, 0.3) is 0 Å². The Morgan fingerprint density at radius 1 is 0.522 bits per heavy atom. The first-order valence-corrected chi connectivity index (χ1v) is 8.78. The number of benzene rings is 3. The van der Waals surface area contributed by atoms with Gasteiger partial charge in [0.05, 0.1) is 10.9 Å². The molecule has 0 N–H and O–H groups in total. The maximum Gasteiger partial charge on any atom is 0.166 e. The molecule has 0 aliphatic heterocycles. The van der Waals surface area contributed by atoms with E-state index in [-0.39, 0.29) is 10.9 Å². The van der Waals surface area contributed by atoms with Crippen molar-refractivity contribution in [2.45, 2.75) is 14.7 Å². The zero-order valence-corrected chi connectivity index (χ0v) is 13.8. The van der Waals surface area contributed by atoms with Crippen molar-refractivity contribution in [2.24, 2.45) is 0 Å². The van der Waals surface area contributed by atoms with Crippen molar-refractivity contribution in [3.05, 3.63) is 103 Å². The van der Waals surface area contributed by atoms with E-state index in [2.05, 4.69) is 92.0 Å². The quantitative estimate of drug-likeness (QED) is 0.501. The van der Waals surface area contributed by atoms with Gasteiger partial charge in [0.15, 0.2) is 14.7 Å². The van der Waals surface area contributed by atoms with Crippen molar-refractivity contribution < 1.29 is 0 Å². The summed E-state index contributed by atoms with van der Waals surface area (Å²) in [6.45, 7) is 7.67. The highest BCUT2D eigenvalue weighted by molar-refractivity contribution is 7.97. The average molecular weight is 315 g/mol. The molecule has 23 heavy (non-hydrogen) atoms. The Morgan fingerprint density at radius 2 is 0.913 bits per heavy atom. The molecule has 0 saturated carbocycles. The highest BCUT2D eigenvalue weighted by Gasteiger charge is 2.28. The predicted octanol–water partition coefficient (Wildman–Crippen LogP) is 6.07. The molecule has 3 rings (SSSR count). The molecule has 0 aliphatic rings. The van der Waals surface area contributed by atoms with Gasteiger partial charge >= 0.3 is 0 Å². The first-order valence-electron chi connectivity index (χ1n) is 7.56. The maximum atomic E-state index is 3.83. The summed E-state index contributed by atoms with van der Waals surface area (Å²) < 4.78 is 0. The lowest BCUT2D eigenvalue weighted by molar-refractivity contribution is 1.31. The minimum Gasteiger partial charge on any atom is -0.0985 e. The van der Waals surface area contributed by atoms with Crippen LogP contribution in [0.3, 0.4) is 0 Å². The van der Waals surface area contributed by atoms with E-state index in [0.29, 0.717) is 0 Å². The van der Waals surface area contributed by atoms with Crippen LogP contribution in [0.2, 0.25) is 0 Å². The fourth-order valence-corrected chi connectivity index (χ4v) is 4.51. The van der Waals surface area contributed by atoms with Crippen LogP contribution >= 0.6 is 0 Å². The largest absolute Gasteiger partial charge is 0.166 e. The zero-order chi connectivity index (χ0) is 16.1. The molecule has 3 aromatic rings. The van der Waals surface area contributed by atoms with Crippen molar-refractivity contribution in [1.29, 1.82) is 0 Å². The SMILES string of the molecule is C=Cc1ccc([S+](c2ccccc2)c2ccc(C=C)cc2)cc1. The van der Waals surface area contributed by atoms with Gasteiger partial charge in [-0.2, -0.15) is 0 Å². The van der Waals surface area contributed by atoms with E-state index in [4.69, 9.17) is 0 Å². The summed E-state index contributed by atoms with van der Waals surface area (Å²) in [5, 5.41) is 0. The molecule has 112 valence electrons. The molecule has 0 aliphatic carbocycles. The maximum absolute atomic E-state index is 3.83. The van der Waals surface area contributed by atoms with Crippen LogP contribution in [0.15, 0.2) is 107 Å². The van der Waals surface area contributed by atoms with E-state index < -0.39 is 0 Å². The first-order chi connectivity index (χ1) is 11.3. The van der Waals surface area contributed by atoms with Gasteiger partial charge in [-0.15, -0.1) is 0 Å². The van der Waals surface area contributed by atoms with Crippen LogP contribution < -0.4 is 0 Å². The van der Waals surface area contributed by atoms with E-state index in [0.717, 1.165) is 11.1 Å². The molecular formula is C22H19S+. The van der Waals surface area contributed by atoms with E-state index >= 15 is 0 Å². The Labute approximate surface area is 141 Å². The van der Waals surface area contributed by atoms with Gasteiger partial charge in [-0.05, 0) is 71.8 Å². The van der Waals surface area contributed by atoms with Crippen molar-refractivity contribution in [2.75, 3.05) is 0 Å². The van der Waals surface area contributed by atoms with Crippen molar-refractivity contribution >= 4 is 23.0 Å². The standard InChI is InChI=1S/C22H19S/c1-3-18-10-14-21(15-11-18)23(20-8-6-5-7-9-20)22-16-12-19(4-2)13-17-22/h3-17H,1-2H2/q+1. The highest BCUT2D eigenvalue weighted by Crippen LogP contribution is 2.31. The van der Waals surface area contributed by atoms with Gasteiger partial charge < -0.3 is 0 Å². The van der Waals surface area contributed by atoms with Crippen LogP contribution in [0.1, 0.15) is 11.1 Å². The molecule has 0 aromatic heterocycles. The van der Waals surface area contributed by atoms with E-state index in [1.54, 1.807) is 0 Å². The molecule has 0 atom stereocenters. The summed E-state index contributed by atoms with van der Waals surface area (Å²) in [7, 11) is -0.104. The van der Waals surface area contributed by atoms with Gasteiger partial charge in [0, 0.05) is 0 Å².